The van der Waals surface area contributed by atoms with Crippen LogP contribution in [0.2, 0.25) is 0 Å². The average Bonchev–Trinajstić information content (AvgIpc) is 2.61. The highest BCUT2D eigenvalue weighted by Crippen LogP contribution is 2.27. The molecule has 0 saturated carbocycles. The van der Waals surface area contributed by atoms with Crippen LogP contribution in [-0.2, 0) is 29.0 Å². The van der Waals surface area contributed by atoms with Crippen LogP contribution >= 0.6 is 0 Å². The van der Waals surface area contributed by atoms with Crippen molar-refractivity contribution in [3.63, 3.8) is 0 Å². The van der Waals surface area contributed by atoms with Crippen LogP contribution in [0.1, 0.15) is 23.1 Å². The first-order chi connectivity index (χ1) is 12.0. The first-order valence-electron chi connectivity index (χ1n) is 8.04. The highest BCUT2D eigenvalue weighted by atomic mass is 19.2. The van der Waals surface area contributed by atoms with Crippen molar-refractivity contribution in [3.8, 4) is 5.75 Å². The van der Waals surface area contributed by atoms with E-state index >= 15 is 0 Å². The number of hydrogen-bond acceptors (Lipinski definition) is 3. The monoisotopic (exact) mass is 348 g/mol. The van der Waals surface area contributed by atoms with Crippen molar-refractivity contribution >= 4 is 5.97 Å². The van der Waals surface area contributed by atoms with Crippen LogP contribution in [0.5, 0.6) is 5.75 Å². The summed E-state index contributed by atoms with van der Waals surface area (Å²) in [6.07, 6.45) is 2.05. The van der Waals surface area contributed by atoms with E-state index in [2.05, 4.69) is 0 Å². The average molecular weight is 348 g/mol. The second-order valence-corrected chi connectivity index (χ2v) is 6.00. The van der Waals surface area contributed by atoms with Gasteiger partial charge >= 0.3 is 5.97 Å². The predicted molar refractivity (Wildman–Crippen MR) is 86.5 cm³/mol. The molecule has 0 aliphatic heterocycles. The van der Waals surface area contributed by atoms with Gasteiger partial charge in [0.1, 0.15) is 19.0 Å². The van der Waals surface area contributed by atoms with Crippen LogP contribution in [0.15, 0.2) is 36.4 Å². The fraction of sp³-hybridized carbons (Fsp3) is 0.316. The van der Waals surface area contributed by atoms with Crippen LogP contribution in [0.3, 0.4) is 0 Å². The number of fused-ring (bicyclic) bond motifs is 1. The summed E-state index contributed by atoms with van der Waals surface area (Å²) < 4.78 is 37.8. The van der Waals surface area contributed by atoms with E-state index in [1.54, 1.807) is 6.07 Å². The first-order valence-corrected chi connectivity index (χ1v) is 8.04. The van der Waals surface area contributed by atoms with E-state index in [-0.39, 0.29) is 24.9 Å². The SMILES string of the molecule is O=C(O)COC1CCc2cc(OCc3cccc(F)c3F)ccc2C1. The molecule has 0 aromatic heterocycles. The van der Waals surface area contributed by atoms with Gasteiger partial charge in [-0.15, -0.1) is 0 Å². The third-order valence-electron chi connectivity index (χ3n) is 4.23. The summed E-state index contributed by atoms with van der Waals surface area (Å²) >= 11 is 0. The summed E-state index contributed by atoms with van der Waals surface area (Å²) in [7, 11) is 0. The van der Waals surface area contributed by atoms with Gasteiger partial charge in [0, 0.05) is 5.56 Å². The van der Waals surface area contributed by atoms with Gasteiger partial charge in [0.25, 0.3) is 0 Å². The molecule has 0 bridgehead atoms. The predicted octanol–water partition coefficient (Wildman–Crippen LogP) is 3.50. The minimum absolute atomic E-state index is 0.0489. The van der Waals surface area contributed by atoms with E-state index in [1.807, 2.05) is 12.1 Å². The van der Waals surface area contributed by atoms with E-state index in [0.717, 1.165) is 30.0 Å². The number of aliphatic carboxylic acids is 1. The van der Waals surface area contributed by atoms with Gasteiger partial charge in [-0.3, -0.25) is 0 Å². The zero-order valence-electron chi connectivity index (χ0n) is 13.5. The van der Waals surface area contributed by atoms with Gasteiger partial charge in [0.05, 0.1) is 6.10 Å². The lowest BCUT2D eigenvalue weighted by Gasteiger charge is -2.24. The molecule has 1 aliphatic carbocycles. The van der Waals surface area contributed by atoms with E-state index in [1.165, 1.54) is 12.1 Å². The number of carboxylic acid groups (broad SMARTS) is 1. The quantitative estimate of drug-likeness (QED) is 0.868. The Labute approximate surface area is 144 Å². The van der Waals surface area contributed by atoms with Crippen molar-refractivity contribution in [2.45, 2.75) is 32.0 Å². The molecule has 0 amide bonds. The number of ether oxygens (including phenoxy) is 2. The molecule has 1 unspecified atom stereocenters. The van der Waals surface area contributed by atoms with Crippen molar-refractivity contribution in [2.24, 2.45) is 0 Å². The third-order valence-corrected chi connectivity index (χ3v) is 4.23. The normalized spacial score (nSPS) is 16.3. The van der Waals surface area contributed by atoms with Gasteiger partial charge in [0.2, 0.25) is 0 Å². The van der Waals surface area contributed by atoms with E-state index < -0.39 is 17.6 Å². The second-order valence-electron chi connectivity index (χ2n) is 6.00. The summed E-state index contributed by atoms with van der Waals surface area (Å²) in [4.78, 5) is 10.6. The Bertz CT molecular complexity index is 776. The third kappa shape index (κ3) is 4.33. The smallest absolute Gasteiger partial charge is 0.329 e. The van der Waals surface area contributed by atoms with Crippen LogP contribution in [-0.4, -0.2) is 23.8 Å². The van der Waals surface area contributed by atoms with Crippen molar-refractivity contribution in [3.05, 3.63) is 64.7 Å². The molecule has 0 fully saturated rings. The highest BCUT2D eigenvalue weighted by molar-refractivity contribution is 5.68. The van der Waals surface area contributed by atoms with Crippen molar-refractivity contribution in [2.75, 3.05) is 6.61 Å². The second kappa shape index (κ2) is 7.61. The zero-order chi connectivity index (χ0) is 17.8. The Morgan fingerprint density at radius 3 is 2.84 bits per heavy atom. The minimum atomic E-state index is -0.973. The van der Waals surface area contributed by atoms with Gasteiger partial charge < -0.3 is 14.6 Å². The van der Waals surface area contributed by atoms with E-state index in [4.69, 9.17) is 14.6 Å². The number of carboxylic acids is 1. The van der Waals surface area contributed by atoms with Crippen molar-refractivity contribution < 1.29 is 28.2 Å². The van der Waals surface area contributed by atoms with Crippen LogP contribution in [0.25, 0.3) is 0 Å². The molecule has 2 aromatic carbocycles. The van der Waals surface area contributed by atoms with E-state index in [0.29, 0.717) is 12.2 Å². The van der Waals surface area contributed by atoms with Crippen LogP contribution in [0.4, 0.5) is 8.78 Å². The number of carbonyl (C=O) groups is 1. The Balaban J connectivity index is 1.62. The Morgan fingerprint density at radius 1 is 1.20 bits per heavy atom. The Morgan fingerprint density at radius 2 is 2.04 bits per heavy atom. The fourth-order valence-electron chi connectivity index (χ4n) is 2.94. The molecular formula is C19H18F2O4. The molecule has 1 aliphatic rings. The largest absolute Gasteiger partial charge is 0.489 e. The number of rotatable bonds is 6. The van der Waals surface area contributed by atoms with Gasteiger partial charge in [0.15, 0.2) is 11.6 Å². The van der Waals surface area contributed by atoms with Gasteiger partial charge in [-0.2, -0.15) is 0 Å². The topological polar surface area (TPSA) is 55.8 Å². The molecular weight excluding hydrogens is 330 g/mol. The molecule has 1 atom stereocenters. The number of hydrogen-bond donors (Lipinski definition) is 1. The molecule has 0 radical (unpaired) electrons. The fourth-order valence-corrected chi connectivity index (χ4v) is 2.94. The zero-order valence-corrected chi connectivity index (χ0v) is 13.5. The Kier molecular flexibility index (Phi) is 5.28. The van der Waals surface area contributed by atoms with Crippen LogP contribution < -0.4 is 4.74 Å². The van der Waals surface area contributed by atoms with E-state index in [9.17, 15) is 13.6 Å². The van der Waals surface area contributed by atoms with Gasteiger partial charge in [-0.25, -0.2) is 13.6 Å². The summed E-state index contributed by atoms with van der Waals surface area (Å²) in [5.74, 6) is -2.16. The summed E-state index contributed by atoms with van der Waals surface area (Å²) in [5.41, 5.74) is 2.36. The maximum Gasteiger partial charge on any atom is 0.329 e. The standard InChI is InChI=1S/C19H18F2O4/c20-17-3-1-2-14(19(17)21)10-24-15-6-4-13-9-16(25-11-18(22)23)7-5-12(13)8-15/h1-4,6,8,16H,5,7,9-11H2,(H,22,23). The molecule has 0 spiro atoms. The molecule has 0 heterocycles. The minimum Gasteiger partial charge on any atom is -0.489 e. The first kappa shape index (κ1) is 17.4. The molecule has 0 saturated heterocycles. The molecule has 6 heteroatoms. The maximum absolute atomic E-state index is 13.6. The molecule has 4 nitrogen and oxygen atoms in total. The lowest BCUT2D eigenvalue weighted by atomic mass is 9.89. The molecule has 25 heavy (non-hydrogen) atoms. The van der Waals surface area contributed by atoms with Crippen molar-refractivity contribution in [1.29, 1.82) is 0 Å². The molecule has 132 valence electrons. The maximum atomic E-state index is 13.6. The highest BCUT2D eigenvalue weighted by Gasteiger charge is 2.20. The number of benzene rings is 2. The van der Waals surface area contributed by atoms with Gasteiger partial charge in [-0.05, 0) is 48.6 Å². The Hall–Kier alpha value is -2.47. The van der Waals surface area contributed by atoms with Gasteiger partial charge in [-0.1, -0.05) is 18.2 Å². The van der Waals surface area contributed by atoms with Crippen molar-refractivity contribution in [1.82, 2.24) is 0 Å². The number of halogens is 2. The summed E-state index contributed by atoms with van der Waals surface area (Å²) in [5, 5.41) is 8.67. The summed E-state index contributed by atoms with van der Waals surface area (Å²) in [6.45, 7) is -0.340. The lowest BCUT2D eigenvalue weighted by molar-refractivity contribution is -0.144. The van der Waals surface area contributed by atoms with Crippen LogP contribution in [0, 0.1) is 11.6 Å². The molecule has 1 N–H and O–H groups in total. The molecule has 2 aromatic rings. The summed E-state index contributed by atoms with van der Waals surface area (Å²) in [6, 6.07) is 9.57. The molecule has 3 rings (SSSR count). The lowest BCUT2D eigenvalue weighted by Crippen LogP contribution is -2.25. The number of aryl methyl sites for hydroxylation is 1.